The molecular formula is C20H21N5O3. The lowest BCUT2D eigenvalue weighted by atomic mass is 9.91. The Hall–Kier alpha value is -3.42. The zero-order valence-corrected chi connectivity index (χ0v) is 15.5. The maximum atomic E-state index is 12.4. The van der Waals surface area contributed by atoms with Crippen molar-refractivity contribution in [2.75, 3.05) is 13.7 Å². The predicted molar refractivity (Wildman–Crippen MR) is 103 cm³/mol. The van der Waals surface area contributed by atoms with E-state index in [4.69, 9.17) is 4.74 Å². The van der Waals surface area contributed by atoms with Crippen LogP contribution in [0.3, 0.4) is 0 Å². The molecule has 0 aliphatic heterocycles. The Kier molecular flexibility index (Phi) is 4.92. The van der Waals surface area contributed by atoms with Gasteiger partial charge in [0.1, 0.15) is 11.4 Å². The van der Waals surface area contributed by atoms with Gasteiger partial charge in [-0.25, -0.2) is 4.98 Å². The first kappa shape index (κ1) is 18.0. The molecule has 0 saturated heterocycles. The summed E-state index contributed by atoms with van der Waals surface area (Å²) in [4.78, 5) is 35.6. The Bertz CT molecular complexity index is 1020. The fourth-order valence-electron chi connectivity index (χ4n) is 3.63. The first-order valence-corrected chi connectivity index (χ1v) is 9.18. The quantitative estimate of drug-likeness (QED) is 0.627. The number of nitrogens with zero attached hydrogens (tertiary/aromatic N) is 2. The highest BCUT2D eigenvalue weighted by atomic mass is 16.5. The summed E-state index contributed by atoms with van der Waals surface area (Å²) in [5.74, 6) is 0.142. The van der Waals surface area contributed by atoms with Gasteiger partial charge in [-0.05, 0) is 43.0 Å². The van der Waals surface area contributed by atoms with Gasteiger partial charge in [0.2, 0.25) is 5.91 Å². The molecule has 1 aliphatic carbocycles. The van der Waals surface area contributed by atoms with E-state index in [1.807, 2.05) is 18.2 Å². The number of carbonyl (C=O) groups is 2. The normalized spacial score (nSPS) is 15.7. The van der Waals surface area contributed by atoms with E-state index in [1.165, 1.54) is 24.2 Å². The van der Waals surface area contributed by atoms with Crippen LogP contribution < -0.4 is 15.4 Å². The fourth-order valence-corrected chi connectivity index (χ4v) is 3.63. The van der Waals surface area contributed by atoms with Gasteiger partial charge in [-0.1, -0.05) is 0 Å². The number of benzene rings is 1. The molecule has 3 aromatic rings. The predicted octanol–water partition coefficient (Wildman–Crippen LogP) is 1.89. The molecule has 1 aromatic carbocycles. The van der Waals surface area contributed by atoms with Crippen molar-refractivity contribution >= 4 is 22.7 Å². The summed E-state index contributed by atoms with van der Waals surface area (Å²) in [6.07, 6.45) is 7.07. The largest absolute Gasteiger partial charge is 0.497 e. The number of aromatic nitrogens is 3. The number of hydrogen-bond acceptors (Lipinski definition) is 5. The fraction of sp³-hybridized carbons (Fsp3) is 0.300. The lowest BCUT2D eigenvalue weighted by Crippen LogP contribution is -2.39. The molecule has 1 atom stereocenters. The Balaban J connectivity index is 1.45. The van der Waals surface area contributed by atoms with Gasteiger partial charge in [-0.15, -0.1) is 0 Å². The lowest BCUT2D eigenvalue weighted by molar-refractivity contribution is -0.121. The van der Waals surface area contributed by atoms with Gasteiger partial charge in [0.05, 0.1) is 25.9 Å². The maximum Gasteiger partial charge on any atom is 0.271 e. The maximum absolute atomic E-state index is 12.4. The molecule has 0 radical (unpaired) electrons. The molecule has 1 aliphatic rings. The minimum atomic E-state index is -0.426. The molecule has 8 heteroatoms. The van der Waals surface area contributed by atoms with Crippen molar-refractivity contribution in [3.05, 3.63) is 53.7 Å². The van der Waals surface area contributed by atoms with Crippen LogP contribution >= 0.6 is 0 Å². The number of fused-ring (bicyclic) bond motifs is 3. The lowest BCUT2D eigenvalue weighted by Gasteiger charge is -2.24. The van der Waals surface area contributed by atoms with Crippen LogP contribution in [0.2, 0.25) is 0 Å². The molecule has 2 heterocycles. The van der Waals surface area contributed by atoms with Gasteiger partial charge >= 0.3 is 0 Å². The summed E-state index contributed by atoms with van der Waals surface area (Å²) >= 11 is 0. The van der Waals surface area contributed by atoms with Crippen molar-refractivity contribution in [1.29, 1.82) is 0 Å². The monoisotopic (exact) mass is 379 g/mol. The molecule has 2 aromatic heterocycles. The second kappa shape index (κ2) is 7.67. The standard InChI is InChI=1S/C20H21N5O3/c1-28-12-5-6-15-14(9-12)13-3-2-4-16(19(13)25-15)24-18(26)11-23-20(27)17-10-21-7-8-22-17/h5-10,16,25H,2-4,11H2,1H3,(H,23,27)(H,24,26)/t16-/m1/s1. The topological polar surface area (TPSA) is 109 Å². The van der Waals surface area contributed by atoms with Crippen LogP contribution in [0.4, 0.5) is 0 Å². The zero-order valence-electron chi connectivity index (χ0n) is 15.5. The van der Waals surface area contributed by atoms with Crippen LogP contribution in [0.5, 0.6) is 5.75 Å². The second-order valence-corrected chi connectivity index (χ2v) is 6.71. The van der Waals surface area contributed by atoms with Crippen molar-refractivity contribution in [3.8, 4) is 5.75 Å². The molecule has 3 N–H and O–H groups in total. The van der Waals surface area contributed by atoms with Crippen molar-refractivity contribution in [1.82, 2.24) is 25.6 Å². The molecule has 0 fully saturated rings. The van der Waals surface area contributed by atoms with E-state index in [9.17, 15) is 9.59 Å². The number of amides is 2. The van der Waals surface area contributed by atoms with E-state index >= 15 is 0 Å². The van der Waals surface area contributed by atoms with Gasteiger partial charge in [0.25, 0.3) is 5.91 Å². The number of rotatable bonds is 5. The van der Waals surface area contributed by atoms with E-state index in [0.717, 1.165) is 41.6 Å². The summed E-state index contributed by atoms with van der Waals surface area (Å²) in [5, 5.41) is 6.72. The highest BCUT2D eigenvalue weighted by Gasteiger charge is 2.26. The third-order valence-electron chi connectivity index (χ3n) is 4.95. The summed E-state index contributed by atoms with van der Waals surface area (Å²) < 4.78 is 5.33. The Labute approximate surface area is 161 Å². The third-order valence-corrected chi connectivity index (χ3v) is 4.95. The number of nitrogens with one attached hydrogen (secondary N) is 3. The molecule has 0 saturated carbocycles. The number of H-pyrrole nitrogens is 1. The van der Waals surface area contributed by atoms with E-state index in [0.29, 0.717) is 0 Å². The first-order valence-electron chi connectivity index (χ1n) is 9.18. The second-order valence-electron chi connectivity index (χ2n) is 6.71. The summed E-state index contributed by atoms with van der Waals surface area (Å²) in [7, 11) is 1.65. The van der Waals surface area contributed by atoms with Crippen LogP contribution in [-0.4, -0.2) is 40.4 Å². The number of aromatic amines is 1. The van der Waals surface area contributed by atoms with Crippen molar-refractivity contribution < 1.29 is 14.3 Å². The number of aryl methyl sites for hydroxylation is 1. The Morgan fingerprint density at radius 2 is 2.21 bits per heavy atom. The average Bonchev–Trinajstić information content (AvgIpc) is 3.11. The van der Waals surface area contributed by atoms with Gasteiger partial charge in [0, 0.05) is 29.0 Å². The molecule has 4 rings (SSSR count). The zero-order chi connectivity index (χ0) is 19.5. The molecule has 28 heavy (non-hydrogen) atoms. The molecule has 0 spiro atoms. The van der Waals surface area contributed by atoms with Crippen LogP contribution in [0.15, 0.2) is 36.8 Å². The van der Waals surface area contributed by atoms with Gasteiger partial charge in [0.15, 0.2) is 0 Å². The highest BCUT2D eigenvalue weighted by Crippen LogP contribution is 2.36. The van der Waals surface area contributed by atoms with Crippen LogP contribution in [-0.2, 0) is 11.2 Å². The summed E-state index contributed by atoms with van der Waals surface area (Å²) in [5.41, 5.74) is 3.46. The number of ether oxygens (including phenoxy) is 1. The first-order chi connectivity index (χ1) is 13.7. The van der Waals surface area contributed by atoms with E-state index in [1.54, 1.807) is 7.11 Å². The molecule has 2 amide bonds. The van der Waals surface area contributed by atoms with Crippen molar-refractivity contribution in [2.24, 2.45) is 0 Å². The number of hydrogen-bond donors (Lipinski definition) is 3. The van der Waals surface area contributed by atoms with Gasteiger partial charge in [-0.3, -0.25) is 14.6 Å². The Morgan fingerprint density at radius 1 is 1.32 bits per heavy atom. The molecule has 144 valence electrons. The van der Waals surface area contributed by atoms with Crippen molar-refractivity contribution in [2.45, 2.75) is 25.3 Å². The van der Waals surface area contributed by atoms with Gasteiger partial charge in [-0.2, -0.15) is 0 Å². The highest BCUT2D eigenvalue weighted by molar-refractivity contribution is 5.94. The van der Waals surface area contributed by atoms with Crippen LogP contribution in [0, 0.1) is 0 Å². The molecule has 0 unspecified atom stereocenters. The molecule has 0 bridgehead atoms. The van der Waals surface area contributed by atoms with E-state index in [-0.39, 0.29) is 24.2 Å². The minimum absolute atomic E-state index is 0.108. The van der Waals surface area contributed by atoms with E-state index < -0.39 is 5.91 Å². The third kappa shape index (κ3) is 3.53. The SMILES string of the molecule is COc1ccc2[nH]c3c(c2c1)CCC[C@H]3NC(=O)CNC(=O)c1cnccn1. The summed E-state index contributed by atoms with van der Waals surface area (Å²) in [6, 6.07) is 5.82. The Morgan fingerprint density at radius 3 is 3.00 bits per heavy atom. The van der Waals surface area contributed by atoms with Crippen LogP contribution in [0.25, 0.3) is 10.9 Å². The molecule has 8 nitrogen and oxygen atoms in total. The number of methoxy groups -OCH3 is 1. The van der Waals surface area contributed by atoms with Gasteiger partial charge < -0.3 is 20.4 Å². The smallest absolute Gasteiger partial charge is 0.271 e. The average molecular weight is 379 g/mol. The minimum Gasteiger partial charge on any atom is -0.497 e. The van der Waals surface area contributed by atoms with E-state index in [2.05, 4.69) is 25.6 Å². The van der Waals surface area contributed by atoms with Crippen LogP contribution in [0.1, 0.15) is 40.6 Å². The summed E-state index contributed by atoms with van der Waals surface area (Å²) in [6.45, 7) is -0.116. The number of carbonyl (C=O) groups excluding carboxylic acids is 2. The molecular weight excluding hydrogens is 358 g/mol. The van der Waals surface area contributed by atoms with Crippen molar-refractivity contribution in [3.63, 3.8) is 0 Å².